The van der Waals surface area contributed by atoms with Crippen LogP contribution in [0.2, 0.25) is 0 Å². The fourth-order valence-electron chi connectivity index (χ4n) is 1.61. The molecule has 1 aromatic carbocycles. The van der Waals surface area contributed by atoms with E-state index in [1.54, 1.807) is 0 Å². The molecule has 90 valence electrons. The van der Waals surface area contributed by atoms with E-state index in [1.807, 2.05) is 11.8 Å². The molecule has 1 rings (SSSR count). The molecule has 0 spiro atoms. The van der Waals surface area contributed by atoms with Gasteiger partial charge in [0.15, 0.2) is 0 Å². The highest BCUT2D eigenvalue weighted by molar-refractivity contribution is 7.99. The lowest BCUT2D eigenvalue weighted by Gasteiger charge is -2.17. The molecular weight excluding hydrogens is 216 g/mol. The van der Waals surface area contributed by atoms with Crippen molar-refractivity contribution in [3.05, 3.63) is 23.8 Å². The molecule has 0 aromatic heterocycles. The smallest absolute Gasteiger partial charge is 0.0411 e. The largest absolute Gasteiger partial charge is 0.384 e. The first-order valence-electron chi connectivity index (χ1n) is 5.74. The summed E-state index contributed by atoms with van der Waals surface area (Å²) < 4.78 is 0. The quantitative estimate of drug-likeness (QED) is 0.766. The zero-order valence-corrected chi connectivity index (χ0v) is 11.5. The first-order chi connectivity index (χ1) is 7.65. The highest BCUT2D eigenvalue weighted by atomic mass is 32.2. The molecule has 1 aromatic rings. The van der Waals surface area contributed by atoms with Crippen molar-refractivity contribution in [2.24, 2.45) is 0 Å². The van der Waals surface area contributed by atoms with Gasteiger partial charge in [-0.1, -0.05) is 13.0 Å². The van der Waals surface area contributed by atoms with E-state index in [2.05, 4.69) is 56.4 Å². The summed E-state index contributed by atoms with van der Waals surface area (Å²) in [6.07, 6.45) is 0. The van der Waals surface area contributed by atoms with Gasteiger partial charge in [-0.15, -0.1) is 0 Å². The normalized spacial score (nSPS) is 10.2. The van der Waals surface area contributed by atoms with E-state index in [9.17, 15) is 0 Å². The van der Waals surface area contributed by atoms with Gasteiger partial charge in [0.25, 0.3) is 0 Å². The summed E-state index contributed by atoms with van der Waals surface area (Å²) in [4.78, 5) is 2.15. The number of hydrogen-bond acceptors (Lipinski definition) is 3. The molecule has 2 nitrogen and oxygen atoms in total. The second kappa shape index (κ2) is 6.69. The summed E-state index contributed by atoms with van der Waals surface area (Å²) >= 11 is 1.97. The Balaban J connectivity index is 2.57. The van der Waals surface area contributed by atoms with E-state index in [0.29, 0.717) is 0 Å². The van der Waals surface area contributed by atoms with Gasteiger partial charge in [0.05, 0.1) is 0 Å². The predicted molar refractivity (Wildman–Crippen MR) is 77.0 cm³/mol. The lowest BCUT2D eigenvalue weighted by molar-refractivity contribution is 1.11. The topological polar surface area (TPSA) is 15.3 Å². The van der Waals surface area contributed by atoms with Crippen molar-refractivity contribution in [2.45, 2.75) is 13.8 Å². The third-order valence-electron chi connectivity index (χ3n) is 2.47. The van der Waals surface area contributed by atoms with Gasteiger partial charge in [0, 0.05) is 37.8 Å². The monoisotopic (exact) mass is 238 g/mol. The van der Waals surface area contributed by atoms with Crippen molar-refractivity contribution < 1.29 is 0 Å². The third kappa shape index (κ3) is 3.97. The molecule has 0 saturated heterocycles. The van der Waals surface area contributed by atoms with E-state index in [-0.39, 0.29) is 0 Å². The Kier molecular flexibility index (Phi) is 5.53. The highest BCUT2D eigenvalue weighted by Crippen LogP contribution is 2.22. The Morgan fingerprint density at radius 1 is 1.31 bits per heavy atom. The van der Waals surface area contributed by atoms with Crippen LogP contribution < -0.4 is 10.2 Å². The highest BCUT2D eigenvalue weighted by Gasteiger charge is 2.01. The lowest BCUT2D eigenvalue weighted by atomic mass is 10.1. The third-order valence-corrected chi connectivity index (χ3v) is 3.37. The summed E-state index contributed by atoms with van der Waals surface area (Å²) in [6, 6.07) is 6.54. The maximum Gasteiger partial charge on any atom is 0.0411 e. The van der Waals surface area contributed by atoms with Gasteiger partial charge < -0.3 is 10.2 Å². The van der Waals surface area contributed by atoms with Gasteiger partial charge in [-0.2, -0.15) is 11.8 Å². The molecule has 0 aliphatic rings. The first kappa shape index (κ1) is 13.2. The first-order valence-corrected chi connectivity index (χ1v) is 6.90. The minimum Gasteiger partial charge on any atom is -0.384 e. The summed E-state index contributed by atoms with van der Waals surface area (Å²) in [5.74, 6) is 2.36. The van der Waals surface area contributed by atoms with Crippen LogP contribution in [-0.4, -0.2) is 32.1 Å². The number of rotatable bonds is 6. The summed E-state index contributed by atoms with van der Waals surface area (Å²) in [6.45, 7) is 5.38. The molecule has 3 heteroatoms. The SMILES string of the molecule is CCSCCNc1ccc(C)c(N(C)C)c1. The van der Waals surface area contributed by atoms with Gasteiger partial charge in [-0.25, -0.2) is 0 Å². The van der Waals surface area contributed by atoms with E-state index >= 15 is 0 Å². The fourth-order valence-corrected chi connectivity index (χ4v) is 2.15. The molecule has 0 aliphatic heterocycles. The van der Waals surface area contributed by atoms with Crippen LogP contribution in [0.25, 0.3) is 0 Å². The average Bonchev–Trinajstić information content (AvgIpc) is 2.26. The number of nitrogens with one attached hydrogen (secondary N) is 1. The predicted octanol–water partition coefficient (Wildman–Crippen LogP) is 3.23. The van der Waals surface area contributed by atoms with Crippen LogP contribution in [0.15, 0.2) is 18.2 Å². The summed E-state index contributed by atoms with van der Waals surface area (Å²) in [5, 5.41) is 3.45. The molecule has 0 saturated carbocycles. The molecule has 0 bridgehead atoms. The molecule has 0 fully saturated rings. The van der Waals surface area contributed by atoms with Crippen molar-refractivity contribution >= 4 is 23.1 Å². The van der Waals surface area contributed by atoms with E-state index in [1.165, 1.54) is 28.4 Å². The second-order valence-electron chi connectivity index (χ2n) is 4.02. The Hall–Kier alpha value is -0.830. The molecule has 1 N–H and O–H groups in total. The van der Waals surface area contributed by atoms with Crippen LogP contribution in [0, 0.1) is 6.92 Å². The minimum atomic E-state index is 1.04. The van der Waals surface area contributed by atoms with Crippen LogP contribution >= 0.6 is 11.8 Å². The molecule has 0 radical (unpaired) electrons. The number of thioether (sulfide) groups is 1. The van der Waals surface area contributed by atoms with Gasteiger partial charge in [-0.05, 0) is 30.4 Å². The minimum absolute atomic E-state index is 1.04. The van der Waals surface area contributed by atoms with Crippen LogP contribution in [0.4, 0.5) is 11.4 Å². The van der Waals surface area contributed by atoms with Gasteiger partial charge in [-0.3, -0.25) is 0 Å². The molecule has 16 heavy (non-hydrogen) atoms. The van der Waals surface area contributed by atoms with Gasteiger partial charge in [0.1, 0.15) is 0 Å². The maximum absolute atomic E-state index is 3.45. The zero-order valence-electron chi connectivity index (χ0n) is 10.7. The molecule has 0 atom stereocenters. The van der Waals surface area contributed by atoms with E-state index < -0.39 is 0 Å². The van der Waals surface area contributed by atoms with Crippen LogP contribution in [0.5, 0.6) is 0 Å². The number of benzene rings is 1. The standard InChI is InChI=1S/C13H22N2S/c1-5-16-9-8-14-12-7-6-11(2)13(10-12)15(3)4/h6-7,10,14H,5,8-9H2,1-4H3. The molecule has 0 heterocycles. The van der Waals surface area contributed by atoms with Crippen molar-refractivity contribution in [2.75, 3.05) is 42.4 Å². The van der Waals surface area contributed by atoms with Gasteiger partial charge >= 0.3 is 0 Å². The number of aryl methyl sites for hydroxylation is 1. The van der Waals surface area contributed by atoms with Crippen LogP contribution in [0.1, 0.15) is 12.5 Å². The lowest BCUT2D eigenvalue weighted by Crippen LogP contribution is -2.11. The van der Waals surface area contributed by atoms with Crippen molar-refractivity contribution in [1.29, 1.82) is 0 Å². The summed E-state index contributed by atoms with van der Waals surface area (Å²) in [5.41, 5.74) is 3.82. The molecule has 0 aliphatic carbocycles. The number of anilines is 2. The molecule has 0 unspecified atom stereocenters. The Labute approximate surface area is 103 Å². The Bertz CT molecular complexity index is 324. The van der Waals surface area contributed by atoms with Crippen molar-refractivity contribution in [3.8, 4) is 0 Å². The number of nitrogens with zero attached hydrogens (tertiary/aromatic N) is 1. The van der Waals surface area contributed by atoms with Gasteiger partial charge in [0.2, 0.25) is 0 Å². The zero-order chi connectivity index (χ0) is 12.0. The molecule has 0 amide bonds. The molecular formula is C13H22N2S. The average molecular weight is 238 g/mol. The van der Waals surface area contributed by atoms with Crippen LogP contribution in [0.3, 0.4) is 0 Å². The summed E-state index contributed by atoms with van der Waals surface area (Å²) in [7, 11) is 4.16. The number of hydrogen-bond donors (Lipinski definition) is 1. The van der Waals surface area contributed by atoms with E-state index in [4.69, 9.17) is 0 Å². The Morgan fingerprint density at radius 3 is 2.69 bits per heavy atom. The van der Waals surface area contributed by atoms with Crippen LogP contribution in [-0.2, 0) is 0 Å². The van der Waals surface area contributed by atoms with Crippen molar-refractivity contribution in [3.63, 3.8) is 0 Å². The maximum atomic E-state index is 3.45. The van der Waals surface area contributed by atoms with Crippen molar-refractivity contribution in [1.82, 2.24) is 0 Å². The fraction of sp³-hybridized carbons (Fsp3) is 0.538. The second-order valence-corrected chi connectivity index (χ2v) is 5.41. The van der Waals surface area contributed by atoms with E-state index in [0.717, 1.165) is 6.54 Å². The Morgan fingerprint density at radius 2 is 2.06 bits per heavy atom.